The second kappa shape index (κ2) is 6.63. The fraction of sp³-hybridized carbons (Fsp3) is 0.389. The Balaban J connectivity index is 1.54. The molecular formula is C18H22N2OS. The van der Waals surface area contributed by atoms with Gasteiger partial charge in [-0.3, -0.25) is 4.79 Å². The number of aryl methyl sites for hydroxylation is 1. The Morgan fingerprint density at radius 1 is 1.32 bits per heavy atom. The minimum Gasteiger partial charge on any atom is -0.312 e. The summed E-state index contributed by atoms with van der Waals surface area (Å²) in [6.45, 7) is 4.69. The van der Waals surface area contributed by atoms with E-state index in [2.05, 4.69) is 42.5 Å². The average molecular weight is 314 g/mol. The number of carbonyl (C=O) groups excluding carboxylic acids is 1. The lowest BCUT2D eigenvalue weighted by Gasteiger charge is -2.20. The number of thiophene rings is 1. The molecule has 0 fully saturated rings. The highest BCUT2D eigenvalue weighted by atomic mass is 32.1. The summed E-state index contributed by atoms with van der Waals surface area (Å²) in [5.41, 5.74) is 3.74. The second-order valence-electron chi connectivity index (χ2n) is 5.94. The number of amides is 1. The van der Waals surface area contributed by atoms with E-state index in [9.17, 15) is 4.79 Å². The van der Waals surface area contributed by atoms with Gasteiger partial charge in [0.2, 0.25) is 5.91 Å². The molecule has 0 unspecified atom stereocenters. The van der Waals surface area contributed by atoms with Crippen LogP contribution < -0.4 is 4.90 Å². The molecule has 0 spiro atoms. The molecule has 1 aromatic carbocycles. The van der Waals surface area contributed by atoms with Crippen molar-refractivity contribution in [3.8, 4) is 0 Å². The van der Waals surface area contributed by atoms with Gasteiger partial charge in [0.1, 0.15) is 0 Å². The Morgan fingerprint density at radius 2 is 2.14 bits per heavy atom. The molecule has 3 nitrogen and oxygen atoms in total. The summed E-state index contributed by atoms with van der Waals surface area (Å²) in [7, 11) is 2.09. The summed E-state index contributed by atoms with van der Waals surface area (Å²) in [5.74, 6) is 0.236. The van der Waals surface area contributed by atoms with Crippen LogP contribution in [0.15, 0.2) is 35.7 Å². The van der Waals surface area contributed by atoms with Crippen molar-refractivity contribution in [1.82, 2.24) is 4.90 Å². The number of nitrogens with zero attached hydrogens (tertiary/aromatic N) is 2. The van der Waals surface area contributed by atoms with Gasteiger partial charge in [0.05, 0.1) is 0 Å². The van der Waals surface area contributed by atoms with E-state index in [-0.39, 0.29) is 5.91 Å². The van der Waals surface area contributed by atoms with Gasteiger partial charge < -0.3 is 9.80 Å². The quantitative estimate of drug-likeness (QED) is 0.844. The lowest BCUT2D eigenvalue weighted by Crippen LogP contribution is -2.32. The van der Waals surface area contributed by atoms with Crippen LogP contribution in [-0.4, -0.2) is 30.9 Å². The van der Waals surface area contributed by atoms with Crippen molar-refractivity contribution < 1.29 is 4.79 Å². The lowest BCUT2D eigenvalue weighted by atomic mass is 10.2. The maximum Gasteiger partial charge on any atom is 0.228 e. The highest BCUT2D eigenvalue weighted by Crippen LogP contribution is 2.28. The number of carbonyl (C=O) groups is 1. The minimum atomic E-state index is 0.236. The highest BCUT2D eigenvalue weighted by molar-refractivity contribution is 7.10. The zero-order valence-electron chi connectivity index (χ0n) is 13.2. The smallest absolute Gasteiger partial charge is 0.228 e. The maximum atomic E-state index is 12.5. The fourth-order valence-corrected chi connectivity index (χ4v) is 3.89. The summed E-state index contributed by atoms with van der Waals surface area (Å²) >= 11 is 1.79. The standard InChI is InChI=1S/C18H22N2OS/c1-14-9-12-22-17(14)13-19(2)10-8-18(21)20-11-7-15-5-3-4-6-16(15)20/h3-6,9,12H,7-8,10-11,13H2,1-2H3. The monoisotopic (exact) mass is 314 g/mol. The summed E-state index contributed by atoms with van der Waals surface area (Å²) < 4.78 is 0. The molecular weight excluding hydrogens is 292 g/mol. The summed E-state index contributed by atoms with van der Waals surface area (Å²) in [6, 6.07) is 10.4. The van der Waals surface area contributed by atoms with Gasteiger partial charge in [-0.05, 0) is 49.0 Å². The van der Waals surface area contributed by atoms with E-state index in [0.717, 1.165) is 31.7 Å². The number of benzene rings is 1. The predicted octanol–water partition coefficient (Wildman–Crippen LogP) is 3.47. The van der Waals surface area contributed by atoms with Crippen LogP contribution in [0.3, 0.4) is 0 Å². The molecule has 2 aromatic rings. The van der Waals surface area contributed by atoms with Gasteiger partial charge in [-0.2, -0.15) is 0 Å². The number of fused-ring (bicyclic) bond motifs is 1. The largest absolute Gasteiger partial charge is 0.312 e. The first-order valence-electron chi connectivity index (χ1n) is 7.75. The SMILES string of the molecule is Cc1ccsc1CN(C)CCC(=O)N1CCc2ccccc21. The van der Waals surface area contributed by atoms with Crippen molar-refractivity contribution in [3.63, 3.8) is 0 Å². The fourth-order valence-electron chi connectivity index (χ4n) is 2.91. The number of rotatable bonds is 5. The predicted molar refractivity (Wildman–Crippen MR) is 92.5 cm³/mol. The minimum absolute atomic E-state index is 0.236. The van der Waals surface area contributed by atoms with Crippen LogP contribution in [0.4, 0.5) is 5.69 Å². The molecule has 0 atom stereocenters. The van der Waals surface area contributed by atoms with E-state index in [4.69, 9.17) is 0 Å². The van der Waals surface area contributed by atoms with Crippen LogP contribution in [0.2, 0.25) is 0 Å². The van der Waals surface area contributed by atoms with Crippen LogP contribution in [0.5, 0.6) is 0 Å². The molecule has 22 heavy (non-hydrogen) atoms. The van der Waals surface area contributed by atoms with Crippen LogP contribution in [0.1, 0.15) is 22.4 Å². The van der Waals surface area contributed by atoms with E-state index in [1.54, 1.807) is 11.3 Å². The molecule has 0 N–H and O–H groups in total. The molecule has 2 heterocycles. The van der Waals surface area contributed by atoms with Crippen LogP contribution in [-0.2, 0) is 17.8 Å². The summed E-state index contributed by atoms with van der Waals surface area (Å²) in [5, 5.41) is 2.13. The van der Waals surface area contributed by atoms with Crippen LogP contribution >= 0.6 is 11.3 Å². The van der Waals surface area contributed by atoms with Crippen molar-refractivity contribution in [2.75, 3.05) is 25.0 Å². The molecule has 0 saturated carbocycles. The van der Waals surface area contributed by atoms with E-state index in [1.807, 2.05) is 17.0 Å². The number of para-hydroxylation sites is 1. The van der Waals surface area contributed by atoms with Crippen LogP contribution in [0, 0.1) is 6.92 Å². The molecule has 1 aliphatic rings. The topological polar surface area (TPSA) is 23.6 Å². The van der Waals surface area contributed by atoms with Crippen LogP contribution in [0.25, 0.3) is 0 Å². The van der Waals surface area contributed by atoms with Gasteiger partial charge >= 0.3 is 0 Å². The van der Waals surface area contributed by atoms with Gasteiger partial charge in [-0.1, -0.05) is 18.2 Å². The molecule has 0 bridgehead atoms. The highest BCUT2D eigenvalue weighted by Gasteiger charge is 2.23. The molecule has 1 aliphatic heterocycles. The van der Waals surface area contributed by atoms with E-state index in [1.165, 1.54) is 16.0 Å². The molecule has 116 valence electrons. The molecule has 1 aromatic heterocycles. The number of hydrogen-bond acceptors (Lipinski definition) is 3. The lowest BCUT2D eigenvalue weighted by molar-refractivity contribution is -0.118. The molecule has 0 radical (unpaired) electrons. The molecule has 0 aliphatic carbocycles. The van der Waals surface area contributed by atoms with Crippen molar-refractivity contribution in [2.45, 2.75) is 26.3 Å². The Kier molecular flexibility index (Phi) is 4.60. The Morgan fingerprint density at radius 3 is 2.91 bits per heavy atom. The van der Waals surface area contributed by atoms with Crippen molar-refractivity contribution in [2.24, 2.45) is 0 Å². The van der Waals surface area contributed by atoms with E-state index >= 15 is 0 Å². The first-order valence-corrected chi connectivity index (χ1v) is 8.63. The summed E-state index contributed by atoms with van der Waals surface area (Å²) in [6.07, 6.45) is 1.56. The van der Waals surface area contributed by atoms with Gasteiger partial charge in [0, 0.05) is 36.6 Å². The van der Waals surface area contributed by atoms with Crippen molar-refractivity contribution >= 4 is 22.9 Å². The van der Waals surface area contributed by atoms with Gasteiger partial charge in [0.15, 0.2) is 0 Å². The van der Waals surface area contributed by atoms with Gasteiger partial charge in [-0.15, -0.1) is 11.3 Å². The third kappa shape index (κ3) is 3.23. The summed E-state index contributed by atoms with van der Waals surface area (Å²) in [4.78, 5) is 18.1. The van der Waals surface area contributed by atoms with Gasteiger partial charge in [-0.25, -0.2) is 0 Å². The Hall–Kier alpha value is -1.65. The molecule has 4 heteroatoms. The third-order valence-corrected chi connectivity index (χ3v) is 5.29. The number of anilines is 1. The zero-order chi connectivity index (χ0) is 15.5. The average Bonchev–Trinajstić information content (AvgIpc) is 3.12. The van der Waals surface area contributed by atoms with Crippen molar-refractivity contribution in [3.05, 3.63) is 51.7 Å². The van der Waals surface area contributed by atoms with Crippen molar-refractivity contribution in [1.29, 1.82) is 0 Å². The third-order valence-electron chi connectivity index (χ3n) is 4.28. The second-order valence-corrected chi connectivity index (χ2v) is 6.94. The zero-order valence-corrected chi connectivity index (χ0v) is 14.0. The molecule has 1 amide bonds. The number of hydrogen-bond donors (Lipinski definition) is 0. The van der Waals surface area contributed by atoms with E-state index < -0.39 is 0 Å². The van der Waals surface area contributed by atoms with E-state index in [0.29, 0.717) is 6.42 Å². The van der Waals surface area contributed by atoms with Gasteiger partial charge in [0.25, 0.3) is 0 Å². The Bertz CT molecular complexity index is 665. The molecule has 0 saturated heterocycles. The Labute approximate surface area is 136 Å². The maximum absolute atomic E-state index is 12.5. The first-order chi connectivity index (χ1) is 10.6. The first kappa shape index (κ1) is 15.3. The normalized spacial score (nSPS) is 13.7. The molecule has 3 rings (SSSR count).